The first-order valence-corrected chi connectivity index (χ1v) is 7.54. The number of tetrazole rings is 1. The van der Waals surface area contributed by atoms with Gasteiger partial charge in [-0.1, -0.05) is 23.7 Å². The summed E-state index contributed by atoms with van der Waals surface area (Å²) in [4.78, 5) is 25.8. The molecule has 1 saturated heterocycles. The summed E-state index contributed by atoms with van der Waals surface area (Å²) in [5.74, 6) is -0.307. The van der Waals surface area contributed by atoms with E-state index < -0.39 is 0 Å². The molecule has 0 atom stereocenters. The van der Waals surface area contributed by atoms with Crippen molar-refractivity contribution in [3.8, 4) is 0 Å². The molecule has 1 aliphatic heterocycles. The number of imide groups is 1. The Hall–Kier alpha value is -2.19. The summed E-state index contributed by atoms with van der Waals surface area (Å²) in [6.07, 6.45) is 3.11. The van der Waals surface area contributed by atoms with Crippen molar-refractivity contribution >= 4 is 40.6 Å². The lowest BCUT2D eigenvalue weighted by molar-refractivity contribution is -0.122. The van der Waals surface area contributed by atoms with Crippen molar-refractivity contribution in [3.63, 3.8) is 0 Å². The summed E-state index contributed by atoms with van der Waals surface area (Å²) >= 11 is 6.74. The van der Waals surface area contributed by atoms with Gasteiger partial charge in [0.25, 0.3) is 11.1 Å². The first kappa shape index (κ1) is 14.7. The Morgan fingerprint density at radius 1 is 1.18 bits per heavy atom. The van der Waals surface area contributed by atoms with Crippen molar-refractivity contribution < 1.29 is 9.59 Å². The summed E-state index contributed by atoms with van der Waals surface area (Å²) in [5.41, 5.74) is 0.815. The molecule has 7 nitrogen and oxygen atoms in total. The fourth-order valence-corrected chi connectivity index (χ4v) is 2.88. The molecular weight excluding hydrogens is 326 g/mol. The monoisotopic (exact) mass is 335 g/mol. The number of hydrogen-bond acceptors (Lipinski definition) is 6. The zero-order chi connectivity index (χ0) is 15.5. The standard InChI is InChI=1S/C13H10ClN5O2S/c14-10-3-1-9(2-4-10)7-11-12(20)19(13(21)22-11)6-5-18-8-15-16-17-18/h1-4,7-8H,5-6H2/b11-7-. The van der Waals surface area contributed by atoms with Crippen LogP contribution in [0.2, 0.25) is 5.02 Å². The maximum atomic E-state index is 12.3. The molecular formula is C13H10ClN5O2S. The molecule has 0 spiro atoms. The van der Waals surface area contributed by atoms with Crippen LogP contribution in [0.15, 0.2) is 35.5 Å². The molecule has 0 N–H and O–H groups in total. The van der Waals surface area contributed by atoms with E-state index in [0.29, 0.717) is 16.5 Å². The number of hydrogen-bond donors (Lipinski definition) is 0. The normalized spacial score (nSPS) is 16.8. The van der Waals surface area contributed by atoms with Crippen molar-refractivity contribution in [1.29, 1.82) is 0 Å². The molecule has 2 amide bonds. The summed E-state index contributed by atoms with van der Waals surface area (Å²) in [6, 6.07) is 7.04. The Labute approximate surface area is 134 Å². The minimum atomic E-state index is -0.307. The predicted molar refractivity (Wildman–Crippen MR) is 81.9 cm³/mol. The molecule has 112 valence electrons. The molecule has 1 aromatic carbocycles. The third-order valence-electron chi connectivity index (χ3n) is 2.99. The van der Waals surface area contributed by atoms with E-state index in [9.17, 15) is 9.59 Å². The first-order chi connectivity index (χ1) is 10.6. The number of amides is 2. The van der Waals surface area contributed by atoms with Crippen molar-refractivity contribution in [3.05, 3.63) is 46.1 Å². The van der Waals surface area contributed by atoms with E-state index >= 15 is 0 Å². The molecule has 0 unspecified atom stereocenters. The van der Waals surface area contributed by atoms with Crippen LogP contribution in [0.1, 0.15) is 5.56 Å². The number of nitrogens with zero attached hydrogens (tertiary/aromatic N) is 5. The molecule has 0 bridgehead atoms. The van der Waals surface area contributed by atoms with Crippen LogP contribution in [0.3, 0.4) is 0 Å². The maximum Gasteiger partial charge on any atom is 0.293 e. The topological polar surface area (TPSA) is 81.0 Å². The Morgan fingerprint density at radius 3 is 2.64 bits per heavy atom. The third kappa shape index (κ3) is 3.18. The molecule has 22 heavy (non-hydrogen) atoms. The predicted octanol–water partition coefficient (Wildman–Crippen LogP) is 2.06. The average molecular weight is 336 g/mol. The lowest BCUT2D eigenvalue weighted by Gasteiger charge is -2.11. The van der Waals surface area contributed by atoms with E-state index in [1.54, 1.807) is 30.3 Å². The van der Waals surface area contributed by atoms with Gasteiger partial charge >= 0.3 is 0 Å². The van der Waals surface area contributed by atoms with Crippen LogP contribution >= 0.6 is 23.4 Å². The molecule has 2 heterocycles. The second-order valence-corrected chi connectivity index (χ2v) is 5.89. The van der Waals surface area contributed by atoms with Gasteiger partial charge in [-0.05, 0) is 46.0 Å². The highest BCUT2D eigenvalue weighted by atomic mass is 35.5. The Kier molecular flexibility index (Phi) is 4.21. The number of carbonyl (C=O) groups excluding carboxylic acids is 2. The van der Waals surface area contributed by atoms with E-state index in [1.165, 1.54) is 15.9 Å². The van der Waals surface area contributed by atoms with Gasteiger partial charge in [0.1, 0.15) is 6.33 Å². The molecule has 3 rings (SSSR count). The van der Waals surface area contributed by atoms with Crippen LogP contribution in [0, 0.1) is 0 Å². The zero-order valence-corrected chi connectivity index (χ0v) is 12.8. The van der Waals surface area contributed by atoms with Crippen molar-refractivity contribution in [2.24, 2.45) is 0 Å². The van der Waals surface area contributed by atoms with Crippen molar-refractivity contribution in [2.75, 3.05) is 6.54 Å². The average Bonchev–Trinajstić information content (AvgIpc) is 3.10. The van der Waals surface area contributed by atoms with Crippen LogP contribution in [-0.2, 0) is 11.3 Å². The number of halogens is 1. The highest BCUT2D eigenvalue weighted by Gasteiger charge is 2.34. The second-order valence-electron chi connectivity index (χ2n) is 4.46. The number of thioether (sulfide) groups is 1. The van der Waals surface area contributed by atoms with Gasteiger partial charge in [-0.25, -0.2) is 4.68 Å². The van der Waals surface area contributed by atoms with Gasteiger partial charge < -0.3 is 0 Å². The molecule has 1 fully saturated rings. The van der Waals surface area contributed by atoms with Gasteiger partial charge in [0.15, 0.2) is 0 Å². The zero-order valence-electron chi connectivity index (χ0n) is 11.2. The van der Waals surface area contributed by atoms with Gasteiger partial charge in [-0.3, -0.25) is 14.5 Å². The van der Waals surface area contributed by atoms with E-state index in [0.717, 1.165) is 17.3 Å². The van der Waals surface area contributed by atoms with Gasteiger partial charge in [0.05, 0.1) is 11.4 Å². The fourth-order valence-electron chi connectivity index (χ4n) is 1.89. The summed E-state index contributed by atoms with van der Waals surface area (Å²) in [5, 5.41) is 11.0. The quantitative estimate of drug-likeness (QED) is 0.795. The maximum absolute atomic E-state index is 12.3. The van der Waals surface area contributed by atoms with E-state index in [1.807, 2.05) is 0 Å². The van der Waals surface area contributed by atoms with Crippen molar-refractivity contribution in [1.82, 2.24) is 25.1 Å². The van der Waals surface area contributed by atoms with E-state index in [4.69, 9.17) is 11.6 Å². The van der Waals surface area contributed by atoms with Gasteiger partial charge in [0, 0.05) is 11.6 Å². The van der Waals surface area contributed by atoms with Crippen LogP contribution in [-0.4, -0.2) is 42.8 Å². The molecule has 0 saturated carbocycles. The SMILES string of the molecule is O=C1S/C(=C\c2ccc(Cl)cc2)C(=O)N1CCn1cnnn1. The van der Waals surface area contributed by atoms with Crippen LogP contribution in [0.5, 0.6) is 0 Å². The molecule has 1 aliphatic rings. The van der Waals surface area contributed by atoms with E-state index in [-0.39, 0.29) is 17.7 Å². The van der Waals surface area contributed by atoms with Crippen LogP contribution < -0.4 is 0 Å². The molecule has 2 aromatic rings. The van der Waals surface area contributed by atoms with Crippen LogP contribution in [0.25, 0.3) is 6.08 Å². The highest BCUT2D eigenvalue weighted by molar-refractivity contribution is 8.18. The Bertz CT molecular complexity index is 729. The Morgan fingerprint density at radius 2 is 1.95 bits per heavy atom. The summed E-state index contributed by atoms with van der Waals surface area (Å²) < 4.78 is 1.46. The Balaban J connectivity index is 1.72. The third-order valence-corrected chi connectivity index (χ3v) is 4.14. The number of carbonyl (C=O) groups is 2. The highest BCUT2D eigenvalue weighted by Crippen LogP contribution is 2.32. The summed E-state index contributed by atoms with van der Waals surface area (Å²) in [7, 11) is 0. The number of benzene rings is 1. The lowest BCUT2D eigenvalue weighted by Crippen LogP contribution is -2.31. The van der Waals surface area contributed by atoms with Gasteiger partial charge in [-0.15, -0.1) is 5.10 Å². The minimum absolute atomic E-state index is 0.230. The minimum Gasteiger partial charge on any atom is -0.268 e. The number of rotatable bonds is 4. The molecule has 9 heteroatoms. The van der Waals surface area contributed by atoms with E-state index in [2.05, 4.69) is 15.5 Å². The second kappa shape index (κ2) is 6.29. The molecule has 0 aliphatic carbocycles. The summed E-state index contributed by atoms with van der Waals surface area (Å²) in [6.45, 7) is 0.590. The number of aromatic nitrogens is 4. The van der Waals surface area contributed by atoms with Gasteiger partial charge in [0.2, 0.25) is 0 Å². The lowest BCUT2D eigenvalue weighted by atomic mass is 10.2. The smallest absolute Gasteiger partial charge is 0.268 e. The molecule has 0 radical (unpaired) electrons. The largest absolute Gasteiger partial charge is 0.293 e. The fraction of sp³-hybridized carbons (Fsp3) is 0.154. The van der Waals surface area contributed by atoms with Crippen LogP contribution in [0.4, 0.5) is 4.79 Å². The first-order valence-electron chi connectivity index (χ1n) is 6.35. The van der Waals surface area contributed by atoms with Gasteiger partial charge in [-0.2, -0.15) is 0 Å². The van der Waals surface area contributed by atoms with Crippen molar-refractivity contribution in [2.45, 2.75) is 6.54 Å². The molecule has 1 aromatic heterocycles.